The van der Waals surface area contributed by atoms with E-state index in [0.29, 0.717) is 12.3 Å². The number of amides is 2. The number of hydrogen-bond acceptors (Lipinski definition) is 4. The Balaban J connectivity index is 1.96. The summed E-state index contributed by atoms with van der Waals surface area (Å²) in [5.74, 6) is -0.429. The van der Waals surface area contributed by atoms with E-state index in [1.807, 2.05) is 6.92 Å². The van der Waals surface area contributed by atoms with E-state index >= 15 is 0 Å². The third kappa shape index (κ3) is 3.03. The maximum absolute atomic E-state index is 12.4. The summed E-state index contributed by atoms with van der Waals surface area (Å²) in [4.78, 5) is 25.1. The molecule has 2 aliphatic rings. The van der Waals surface area contributed by atoms with Gasteiger partial charge in [-0.1, -0.05) is 13.3 Å². The van der Waals surface area contributed by atoms with E-state index in [0.717, 1.165) is 19.3 Å². The highest BCUT2D eigenvalue weighted by Gasteiger charge is 2.42. The van der Waals surface area contributed by atoms with Crippen molar-refractivity contribution in [3.8, 4) is 0 Å². The summed E-state index contributed by atoms with van der Waals surface area (Å²) in [6, 6.07) is -0.925. The van der Waals surface area contributed by atoms with E-state index in [9.17, 15) is 14.7 Å². The van der Waals surface area contributed by atoms with Crippen molar-refractivity contribution in [2.45, 2.75) is 48.8 Å². The van der Waals surface area contributed by atoms with E-state index in [2.05, 4.69) is 11.6 Å². The van der Waals surface area contributed by atoms with Crippen LogP contribution in [0.1, 0.15) is 32.6 Å². The van der Waals surface area contributed by atoms with Gasteiger partial charge < -0.3 is 10.4 Å². The predicted octanol–water partition coefficient (Wildman–Crippen LogP) is 2.22. The number of nitrogens with zero attached hydrogens (tertiary/aromatic N) is 1. The lowest BCUT2D eigenvalue weighted by Gasteiger charge is -2.41. The van der Waals surface area contributed by atoms with Crippen molar-refractivity contribution in [2.24, 2.45) is 0 Å². The first-order chi connectivity index (χ1) is 9.53. The third-order valence-corrected chi connectivity index (χ3v) is 7.09. The molecule has 0 spiro atoms. The molecule has 1 aliphatic heterocycles. The van der Waals surface area contributed by atoms with Gasteiger partial charge in [0, 0.05) is 17.0 Å². The number of carboxylic acid groups (broad SMARTS) is 1. The predicted molar refractivity (Wildman–Crippen MR) is 83.3 cm³/mol. The summed E-state index contributed by atoms with van der Waals surface area (Å²) < 4.78 is 0.170. The standard InChI is InChI=1S/C13H22N2O3S2/c1-3-10-15(9(7-20-10)11(16)17)12(18)14-8-13(19-2)5-4-6-13/h9-10H,3-8H2,1-2H3,(H,14,18)(H,16,17). The van der Waals surface area contributed by atoms with Crippen molar-refractivity contribution in [3.05, 3.63) is 0 Å². The Bertz CT molecular complexity index is 382. The van der Waals surface area contributed by atoms with Crippen molar-refractivity contribution in [1.82, 2.24) is 10.2 Å². The zero-order chi connectivity index (χ0) is 14.8. The van der Waals surface area contributed by atoms with Crippen LogP contribution in [0.5, 0.6) is 0 Å². The minimum absolute atomic E-state index is 0.0253. The number of nitrogens with one attached hydrogen (secondary N) is 1. The number of aliphatic carboxylic acids is 1. The number of urea groups is 1. The van der Waals surface area contributed by atoms with Gasteiger partial charge in [0.15, 0.2) is 0 Å². The van der Waals surface area contributed by atoms with Gasteiger partial charge in [0.1, 0.15) is 6.04 Å². The summed E-state index contributed by atoms with van der Waals surface area (Å²) in [5, 5.41) is 12.2. The molecule has 7 heteroatoms. The summed E-state index contributed by atoms with van der Waals surface area (Å²) in [6.45, 7) is 2.62. The highest BCUT2D eigenvalue weighted by Crippen LogP contribution is 2.42. The summed E-state index contributed by atoms with van der Waals surface area (Å²) in [7, 11) is 0. The maximum Gasteiger partial charge on any atom is 0.327 e. The first-order valence-electron chi connectivity index (χ1n) is 6.99. The van der Waals surface area contributed by atoms with Crippen LogP contribution in [-0.4, -0.2) is 56.7 Å². The van der Waals surface area contributed by atoms with Gasteiger partial charge >= 0.3 is 12.0 Å². The first-order valence-corrected chi connectivity index (χ1v) is 9.26. The van der Waals surface area contributed by atoms with Crippen LogP contribution in [0.4, 0.5) is 4.79 Å². The summed E-state index contributed by atoms with van der Waals surface area (Å²) in [6.07, 6.45) is 6.32. The Morgan fingerprint density at radius 1 is 1.50 bits per heavy atom. The van der Waals surface area contributed by atoms with Gasteiger partial charge in [-0.05, 0) is 25.5 Å². The molecule has 2 atom stereocenters. The van der Waals surface area contributed by atoms with Crippen LogP contribution >= 0.6 is 23.5 Å². The lowest BCUT2D eigenvalue weighted by atomic mass is 9.84. The van der Waals surface area contributed by atoms with E-state index < -0.39 is 12.0 Å². The Morgan fingerprint density at radius 2 is 2.20 bits per heavy atom. The smallest absolute Gasteiger partial charge is 0.327 e. The summed E-state index contributed by atoms with van der Waals surface area (Å²) in [5.41, 5.74) is 0. The second kappa shape index (κ2) is 6.47. The minimum Gasteiger partial charge on any atom is -0.480 e. The molecule has 2 rings (SSSR count). The van der Waals surface area contributed by atoms with Gasteiger partial charge in [-0.15, -0.1) is 11.8 Å². The van der Waals surface area contributed by atoms with Crippen molar-refractivity contribution in [3.63, 3.8) is 0 Å². The molecule has 20 heavy (non-hydrogen) atoms. The molecular weight excluding hydrogens is 296 g/mol. The van der Waals surface area contributed by atoms with Gasteiger partial charge in [-0.2, -0.15) is 11.8 Å². The van der Waals surface area contributed by atoms with E-state index in [1.165, 1.54) is 11.3 Å². The molecule has 114 valence electrons. The van der Waals surface area contributed by atoms with Crippen LogP contribution < -0.4 is 5.32 Å². The zero-order valence-corrected chi connectivity index (χ0v) is 13.6. The van der Waals surface area contributed by atoms with Gasteiger partial charge in [0.2, 0.25) is 0 Å². The van der Waals surface area contributed by atoms with Crippen LogP contribution in [0.25, 0.3) is 0 Å². The topological polar surface area (TPSA) is 69.6 Å². The Kier molecular flexibility index (Phi) is 5.12. The van der Waals surface area contributed by atoms with Crippen LogP contribution in [0, 0.1) is 0 Å². The molecule has 1 saturated carbocycles. The molecule has 0 aromatic carbocycles. The molecule has 0 aromatic rings. The van der Waals surface area contributed by atoms with E-state index in [1.54, 1.807) is 23.5 Å². The Morgan fingerprint density at radius 3 is 2.65 bits per heavy atom. The van der Waals surface area contributed by atoms with E-state index in [-0.39, 0.29) is 16.2 Å². The molecule has 1 aliphatic carbocycles. The number of hydrogen-bond donors (Lipinski definition) is 2. The van der Waals surface area contributed by atoms with Crippen LogP contribution in [-0.2, 0) is 4.79 Å². The molecule has 2 unspecified atom stereocenters. The fraction of sp³-hybridized carbons (Fsp3) is 0.846. The van der Waals surface area contributed by atoms with Crippen molar-refractivity contribution >= 4 is 35.5 Å². The molecule has 0 radical (unpaired) electrons. The van der Waals surface area contributed by atoms with Gasteiger partial charge in [0.05, 0.1) is 5.37 Å². The van der Waals surface area contributed by atoms with Crippen LogP contribution in [0.2, 0.25) is 0 Å². The molecule has 1 heterocycles. The molecular formula is C13H22N2O3S2. The van der Waals surface area contributed by atoms with Gasteiger partial charge in [-0.3, -0.25) is 4.90 Å². The van der Waals surface area contributed by atoms with Crippen LogP contribution in [0.15, 0.2) is 0 Å². The zero-order valence-electron chi connectivity index (χ0n) is 11.9. The molecule has 2 fully saturated rings. The third-order valence-electron chi connectivity index (χ3n) is 4.22. The fourth-order valence-corrected chi connectivity index (χ4v) is 4.95. The fourth-order valence-electron chi connectivity index (χ4n) is 2.69. The second-order valence-corrected chi connectivity index (χ2v) is 7.84. The number of carboxylic acids is 1. The van der Waals surface area contributed by atoms with Crippen LogP contribution in [0.3, 0.4) is 0 Å². The van der Waals surface area contributed by atoms with E-state index in [4.69, 9.17) is 0 Å². The summed E-state index contributed by atoms with van der Waals surface area (Å²) >= 11 is 3.36. The average Bonchev–Trinajstić information content (AvgIpc) is 2.81. The number of thioether (sulfide) groups is 2. The Labute approximate surface area is 128 Å². The Hall–Kier alpha value is -0.560. The lowest BCUT2D eigenvalue weighted by Crippen LogP contribution is -2.53. The van der Waals surface area contributed by atoms with Gasteiger partial charge in [-0.25, -0.2) is 9.59 Å². The van der Waals surface area contributed by atoms with Crippen molar-refractivity contribution < 1.29 is 14.7 Å². The molecule has 2 amide bonds. The molecule has 5 nitrogen and oxygen atoms in total. The number of carbonyl (C=O) groups excluding carboxylic acids is 1. The van der Waals surface area contributed by atoms with Crippen molar-refractivity contribution in [2.75, 3.05) is 18.6 Å². The molecule has 0 aromatic heterocycles. The second-order valence-electron chi connectivity index (χ2n) is 5.36. The average molecular weight is 318 g/mol. The maximum atomic E-state index is 12.4. The molecule has 2 N–H and O–H groups in total. The SMILES string of the molecule is CCC1SCC(C(=O)O)N1C(=O)NCC1(SC)CCC1. The quantitative estimate of drug-likeness (QED) is 0.813. The highest BCUT2D eigenvalue weighted by molar-refractivity contribution is 8.00. The van der Waals surface area contributed by atoms with Crippen molar-refractivity contribution in [1.29, 1.82) is 0 Å². The largest absolute Gasteiger partial charge is 0.480 e. The molecule has 1 saturated heterocycles. The number of rotatable bonds is 5. The normalized spacial score (nSPS) is 28.0. The number of carbonyl (C=O) groups is 2. The minimum atomic E-state index is -0.910. The monoisotopic (exact) mass is 318 g/mol. The van der Waals surface area contributed by atoms with Gasteiger partial charge in [0.25, 0.3) is 0 Å². The molecule has 0 bridgehead atoms. The first kappa shape index (κ1) is 15.8. The highest BCUT2D eigenvalue weighted by atomic mass is 32.2. The lowest BCUT2D eigenvalue weighted by molar-refractivity contribution is -0.141.